The van der Waals surface area contributed by atoms with Crippen molar-refractivity contribution in [1.29, 1.82) is 0 Å². The van der Waals surface area contributed by atoms with Crippen LogP contribution in [0.2, 0.25) is 0 Å². The van der Waals surface area contributed by atoms with E-state index in [1.807, 2.05) is 0 Å². The van der Waals surface area contributed by atoms with Crippen LogP contribution in [0.1, 0.15) is 19.3 Å². The fourth-order valence-corrected chi connectivity index (χ4v) is 1.85. The summed E-state index contributed by atoms with van der Waals surface area (Å²) in [5.74, 6) is -5.37. The second-order valence-corrected chi connectivity index (χ2v) is 3.10. The van der Waals surface area contributed by atoms with E-state index in [9.17, 15) is 13.6 Å². The van der Waals surface area contributed by atoms with E-state index < -0.39 is 23.9 Å². The van der Waals surface area contributed by atoms with Crippen molar-refractivity contribution in [3.05, 3.63) is 0 Å². The summed E-state index contributed by atoms with van der Waals surface area (Å²) >= 11 is 0. The van der Waals surface area contributed by atoms with Gasteiger partial charge >= 0.3 is 11.9 Å². The third kappa shape index (κ3) is 0.781. The van der Waals surface area contributed by atoms with E-state index in [0.29, 0.717) is 12.8 Å². The maximum absolute atomic E-state index is 12.8. The van der Waals surface area contributed by atoms with Gasteiger partial charge in [0.1, 0.15) is 6.10 Å². The maximum atomic E-state index is 12.8. The van der Waals surface area contributed by atoms with Crippen molar-refractivity contribution in [1.82, 2.24) is 0 Å². The van der Waals surface area contributed by atoms with Gasteiger partial charge in [-0.1, -0.05) is 0 Å². The van der Waals surface area contributed by atoms with Crippen molar-refractivity contribution in [3.63, 3.8) is 0 Å². The monoisotopic (exact) mass is 162 g/mol. The zero-order valence-electron chi connectivity index (χ0n) is 5.85. The third-order valence-electron chi connectivity index (χ3n) is 2.45. The second-order valence-electron chi connectivity index (χ2n) is 3.10. The largest absolute Gasteiger partial charge is 0.457 e. The zero-order chi connectivity index (χ0) is 8.06. The minimum atomic E-state index is -3.21. The molecule has 0 unspecified atom stereocenters. The van der Waals surface area contributed by atoms with Crippen molar-refractivity contribution in [3.8, 4) is 0 Å². The fraction of sp³-hybridized carbons (Fsp3) is 0.857. The number of alkyl halides is 2. The van der Waals surface area contributed by atoms with Crippen molar-refractivity contribution in [2.24, 2.45) is 5.92 Å². The van der Waals surface area contributed by atoms with Crippen LogP contribution in [0.3, 0.4) is 0 Å². The van der Waals surface area contributed by atoms with Gasteiger partial charge in [0.05, 0.1) is 5.92 Å². The summed E-state index contributed by atoms with van der Waals surface area (Å²) in [7, 11) is 0. The van der Waals surface area contributed by atoms with Crippen LogP contribution >= 0.6 is 0 Å². The summed E-state index contributed by atoms with van der Waals surface area (Å²) in [4.78, 5) is 10.5. The molecular formula is C7H8F2O2. The Morgan fingerprint density at radius 1 is 1.45 bits per heavy atom. The van der Waals surface area contributed by atoms with Gasteiger partial charge in [0.25, 0.3) is 0 Å². The van der Waals surface area contributed by atoms with E-state index in [1.54, 1.807) is 0 Å². The molecule has 62 valence electrons. The standard InChI is InChI=1S/C7H8F2O2/c8-7(9)4-2-1-3-5(4)11-6(7)10/h4-5H,1-3H2/t4-,5+/m1/s1. The normalized spacial score (nSPS) is 40.4. The molecule has 0 aromatic rings. The molecule has 0 aromatic heterocycles. The molecular weight excluding hydrogens is 154 g/mol. The average molecular weight is 162 g/mol. The first-order chi connectivity index (χ1) is 5.12. The molecule has 2 fully saturated rings. The molecule has 0 radical (unpaired) electrons. The first kappa shape index (κ1) is 7.00. The summed E-state index contributed by atoms with van der Waals surface area (Å²) in [6.07, 6.45) is 1.27. The molecule has 0 bridgehead atoms. The van der Waals surface area contributed by atoms with Gasteiger partial charge in [-0.2, -0.15) is 8.78 Å². The van der Waals surface area contributed by atoms with Gasteiger partial charge in [-0.05, 0) is 19.3 Å². The Morgan fingerprint density at radius 3 is 2.82 bits per heavy atom. The molecule has 2 nitrogen and oxygen atoms in total. The molecule has 1 aliphatic heterocycles. The minimum Gasteiger partial charge on any atom is -0.457 e. The number of esters is 1. The molecule has 0 aromatic carbocycles. The highest BCUT2D eigenvalue weighted by atomic mass is 19.3. The molecule has 1 heterocycles. The van der Waals surface area contributed by atoms with Crippen LogP contribution in [0.4, 0.5) is 8.78 Å². The Morgan fingerprint density at radius 2 is 2.18 bits per heavy atom. The van der Waals surface area contributed by atoms with Gasteiger partial charge in [-0.25, -0.2) is 4.79 Å². The SMILES string of the molecule is O=C1O[C@H]2CCC[C@H]2C1(F)F. The molecule has 1 aliphatic carbocycles. The molecule has 0 amide bonds. The summed E-state index contributed by atoms with van der Waals surface area (Å²) in [5, 5.41) is 0. The van der Waals surface area contributed by atoms with Crippen molar-refractivity contribution < 1.29 is 18.3 Å². The van der Waals surface area contributed by atoms with E-state index in [-0.39, 0.29) is 0 Å². The Hall–Kier alpha value is -0.670. The summed E-state index contributed by atoms with van der Waals surface area (Å²) in [6, 6.07) is 0. The number of rotatable bonds is 0. The van der Waals surface area contributed by atoms with E-state index in [4.69, 9.17) is 0 Å². The van der Waals surface area contributed by atoms with Crippen molar-refractivity contribution >= 4 is 5.97 Å². The Bertz CT molecular complexity index is 203. The summed E-state index contributed by atoms with van der Waals surface area (Å²) in [5.41, 5.74) is 0. The molecule has 2 rings (SSSR count). The molecule has 2 aliphatic rings. The van der Waals surface area contributed by atoms with Crippen LogP contribution in [-0.4, -0.2) is 18.0 Å². The molecule has 0 N–H and O–H groups in total. The number of carbonyl (C=O) groups excluding carboxylic acids is 1. The van der Waals surface area contributed by atoms with E-state index >= 15 is 0 Å². The highest BCUT2D eigenvalue weighted by molar-refractivity contribution is 5.80. The van der Waals surface area contributed by atoms with E-state index in [1.165, 1.54) is 0 Å². The number of hydrogen-bond acceptors (Lipinski definition) is 2. The Labute approximate surface area is 62.5 Å². The Kier molecular flexibility index (Phi) is 1.23. The van der Waals surface area contributed by atoms with Gasteiger partial charge in [0, 0.05) is 0 Å². The highest BCUT2D eigenvalue weighted by Crippen LogP contribution is 2.45. The number of fused-ring (bicyclic) bond motifs is 1. The van der Waals surface area contributed by atoms with Crippen LogP contribution in [-0.2, 0) is 9.53 Å². The van der Waals surface area contributed by atoms with Gasteiger partial charge in [-0.15, -0.1) is 0 Å². The predicted molar refractivity (Wildman–Crippen MR) is 32.2 cm³/mol. The first-order valence-corrected chi connectivity index (χ1v) is 3.71. The first-order valence-electron chi connectivity index (χ1n) is 3.71. The van der Waals surface area contributed by atoms with Crippen LogP contribution in [0, 0.1) is 5.92 Å². The second kappa shape index (κ2) is 1.93. The topological polar surface area (TPSA) is 26.3 Å². The lowest BCUT2D eigenvalue weighted by Crippen LogP contribution is -2.30. The number of ether oxygens (including phenoxy) is 1. The highest BCUT2D eigenvalue weighted by Gasteiger charge is 2.60. The molecule has 2 atom stereocenters. The average Bonchev–Trinajstić information content (AvgIpc) is 2.41. The van der Waals surface area contributed by atoms with Crippen molar-refractivity contribution in [2.75, 3.05) is 0 Å². The lowest BCUT2D eigenvalue weighted by molar-refractivity contribution is -0.161. The molecule has 11 heavy (non-hydrogen) atoms. The van der Waals surface area contributed by atoms with E-state index in [0.717, 1.165) is 6.42 Å². The molecule has 4 heteroatoms. The zero-order valence-corrected chi connectivity index (χ0v) is 5.85. The van der Waals surface area contributed by atoms with E-state index in [2.05, 4.69) is 4.74 Å². The quantitative estimate of drug-likeness (QED) is 0.502. The lowest BCUT2D eigenvalue weighted by Gasteiger charge is -2.10. The lowest BCUT2D eigenvalue weighted by atomic mass is 10.0. The molecule has 1 saturated carbocycles. The Balaban J connectivity index is 2.27. The van der Waals surface area contributed by atoms with Crippen LogP contribution in [0.15, 0.2) is 0 Å². The maximum Gasteiger partial charge on any atom is 0.377 e. The molecule has 0 spiro atoms. The number of carbonyl (C=O) groups is 1. The number of halogens is 2. The minimum absolute atomic E-state index is 0.420. The number of hydrogen-bond donors (Lipinski definition) is 0. The van der Waals surface area contributed by atoms with Gasteiger partial charge in [-0.3, -0.25) is 0 Å². The summed E-state index contributed by atoms with van der Waals surface area (Å²) in [6.45, 7) is 0. The van der Waals surface area contributed by atoms with Crippen LogP contribution < -0.4 is 0 Å². The van der Waals surface area contributed by atoms with Crippen molar-refractivity contribution in [2.45, 2.75) is 31.3 Å². The van der Waals surface area contributed by atoms with Crippen LogP contribution in [0.25, 0.3) is 0 Å². The molecule has 1 saturated heterocycles. The smallest absolute Gasteiger partial charge is 0.377 e. The summed E-state index contributed by atoms with van der Waals surface area (Å²) < 4.78 is 30.1. The fourth-order valence-electron chi connectivity index (χ4n) is 1.85. The predicted octanol–water partition coefficient (Wildman–Crippen LogP) is 1.35. The van der Waals surface area contributed by atoms with Crippen LogP contribution in [0.5, 0.6) is 0 Å². The van der Waals surface area contributed by atoms with Gasteiger partial charge in [0.15, 0.2) is 0 Å². The van der Waals surface area contributed by atoms with Gasteiger partial charge in [0.2, 0.25) is 0 Å². The van der Waals surface area contributed by atoms with Gasteiger partial charge < -0.3 is 4.74 Å². The third-order valence-corrected chi connectivity index (χ3v) is 2.45.